The Labute approximate surface area is 91.6 Å². The number of hydrogen-bond donors (Lipinski definition) is 2. The monoisotopic (exact) mass is 243 g/mol. The number of hydrogen-bond acceptors (Lipinski definition) is 3. The van der Waals surface area contributed by atoms with E-state index >= 15 is 0 Å². The van der Waals surface area contributed by atoms with Crippen LogP contribution >= 0.6 is 0 Å². The molecule has 7 heteroatoms. The maximum atomic E-state index is 11.7. The standard InChI is InChI=1S/C9H16F3NO3/c1-6(2)8(5-13,7(14)15)3-4-16-9(10,11)12/h6H,3-5,13H2,1-2H3,(H,14,15). The second kappa shape index (κ2) is 5.49. The molecule has 3 N–H and O–H groups in total. The Morgan fingerprint density at radius 1 is 1.44 bits per heavy atom. The molecule has 1 unspecified atom stereocenters. The van der Waals surface area contributed by atoms with Gasteiger partial charge in [-0.25, -0.2) is 0 Å². The second-order valence-electron chi connectivity index (χ2n) is 3.86. The smallest absolute Gasteiger partial charge is 0.481 e. The molecular weight excluding hydrogens is 227 g/mol. The number of ether oxygens (including phenoxy) is 1. The van der Waals surface area contributed by atoms with Crippen molar-refractivity contribution in [2.45, 2.75) is 26.6 Å². The zero-order valence-corrected chi connectivity index (χ0v) is 9.17. The van der Waals surface area contributed by atoms with E-state index in [9.17, 15) is 18.0 Å². The molecule has 0 bridgehead atoms. The van der Waals surface area contributed by atoms with Crippen molar-refractivity contribution in [3.63, 3.8) is 0 Å². The lowest BCUT2D eigenvalue weighted by molar-refractivity contribution is -0.326. The van der Waals surface area contributed by atoms with E-state index in [-0.39, 0.29) is 18.9 Å². The van der Waals surface area contributed by atoms with Gasteiger partial charge in [0.15, 0.2) is 0 Å². The van der Waals surface area contributed by atoms with Crippen LogP contribution in [0, 0.1) is 11.3 Å². The fourth-order valence-electron chi connectivity index (χ4n) is 1.42. The minimum Gasteiger partial charge on any atom is -0.481 e. The third-order valence-corrected chi connectivity index (χ3v) is 2.71. The number of carboxylic acids is 1. The summed E-state index contributed by atoms with van der Waals surface area (Å²) in [6.07, 6.45) is -5.01. The van der Waals surface area contributed by atoms with Gasteiger partial charge in [-0.1, -0.05) is 13.8 Å². The zero-order chi connectivity index (χ0) is 13.0. The highest BCUT2D eigenvalue weighted by Crippen LogP contribution is 2.32. The zero-order valence-electron chi connectivity index (χ0n) is 9.17. The first-order valence-electron chi connectivity index (χ1n) is 4.80. The summed E-state index contributed by atoms with van der Waals surface area (Å²) in [6, 6.07) is 0. The van der Waals surface area contributed by atoms with Gasteiger partial charge in [-0.05, 0) is 12.3 Å². The van der Waals surface area contributed by atoms with E-state index < -0.39 is 24.4 Å². The molecule has 16 heavy (non-hydrogen) atoms. The minimum atomic E-state index is -4.74. The highest BCUT2D eigenvalue weighted by molar-refractivity contribution is 5.75. The van der Waals surface area contributed by atoms with Crippen LogP contribution in [0.1, 0.15) is 20.3 Å². The summed E-state index contributed by atoms with van der Waals surface area (Å²) in [5.74, 6) is -1.57. The van der Waals surface area contributed by atoms with E-state index in [1.807, 2.05) is 0 Å². The second-order valence-corrected chi connectivity index (χ2v) is 3.86. The van der Waals surface area contributed by atoms with Crippen LogP contribution in [-0.4, -0.2) is 30.6 Å². The number of carbonyl (C=O) groups is 1. The Hall–Kier alpha value is -0.820. The van der Waals surface area contributed by atoms with Crippen molar-refractivity contribution in [2.75, 3.05) is 13.2 Å². The molecule has 0 aliphatic heterocycles. The van der Waals surface area contributed by atoms with Gasteiger partial charge >= 0.3 is 12.3 Å². The van der Waals surface area contributed by atoms with E-state index in [1.165, 1.54) is 0 Å². The number of aliphatic carboxylic acids is 1. The van der Waals surface area contributed by atoms with Gasteiger partial charge in [-0.2, -0.15) is 0 Å². The molecule has 0 heterocycles. The number of alkyl halides is 3. The number of halogens is 3. The summed E-state index contributed by atoms with van der Waals surface area (Å²) in [4.78, 5) is 11.0. The molecule has 0 radical (unpaired) electrons. The third kappa shape index (κ3) is 3.97. The Morgan fingerprint density at radius 2 is 1.94 bits per heavy atom. The van der Waals surface area contributed by atoms with Crippen molar-refractivity contribution in [2.24, 2.45) is 17.1 Å². The Morgan fingerprint density at radius 3 is 2.19 bits per heavy atom. The van der Waals surface area contributed by atoms with Crippen molar-refractivity contribution in [3.8, 4) is 0 Å². The van der Waals surface area contributed by atoms with Crippen LogP contribution in [0.15, 0.2) is 0 Å². The highest BCUT2D eigenvalue weighted by Gasteiger charge is 2.41. The molecular formula is C9H16F3NO3. The molecule has 96 valence electrons. The van der Waals surface area contributed by atoms with E-state index in [4.69, 9.17) is 10.8 Å². The van der Waals surface area contributed by atoms with E-state index in [1.54, 1.807) is 13.8 Å². The van der Waals surface area contributed by atoms with Crippen LogP contribution in [0.5, 0.6) is 0 Å². The van der Waals surface area contributed by atoms with Crippen LogP contribution in [0.4, 0.5) is 13.2 Å². The average Bonchev–Trinajstić information content (AvgIpc) is 2.09. The largest absolute Gasteiger partial charge is 0.522 e. The summed E-state index contributed by atoms with van der Waals surface area (Å²) in [6.45, 7) is 2.29. The highest BCUT2D eigenvalue weighted by atomic mass is 19.4. The van der Waals surface area contributed by atoms with Crippen LogP contribution in [-0.2, 0) is 9.53 Å². The molecule has 1 atom stereocenters. The van der Waals surface area contributed by atoms with Crippen molar-refractivity contribution >= 4 is 5.97 Å². The quantitative estimate of drug-likeness (QED) is 0.743. The van der Waals surface area contributed by atoms with E-state index in [0.29, 0.717) is 0 Å². The summed E-state index contributed by atoms with van der Waals surface area (Å²) in [7, 11) is 0. The Bertz CT molecular complexity index is 243. The normalized spacial score (nSPS) is 16.2. The lowest BCUT2D eigenvalue weighted by Crippen LogP contribution is -2.44. The molecule has 4 nitrogen and oxygen atoms in total. The molecule has 0 saturated carbocycles. The Kier molecular flexibility index (Phi) is 5.21. The molecule has 0 saturated heterocycles. The van der Waals surface area contributed by atoms with E-state index in [0.717, 1.165) is 0 Å². The van der Waals surface area contributed by atoms with Gasteiger partial charge in [0.2, 0.25) is 0 Å². The van der Waals surface area contributed by atoms with Crippen LogP contribution in [0.3, 0.4) is 0 Å². The summed E-state index contributed by atoms with van der Waals surface area (Å²) in [5, 5.41) is 9.01. The minimum absolute atomic E-state index is 0.221. The van der Waals surface area contributed by atoms with Gasteiger partial charge in [0, 0.05) is 6.54 Å². The molecule has 0 aliphatic carbocycles. The predicted octanol–water partition coefficient (Wildman–Crippen LogP) is 1.60. The first-order valence-corrected chi connectivity index (χ1v) is 4.80. The van der Waals surface area contributed by atoms with Gasteiger partial charge in [-0.15, -0.1) is 13.2 Å². The summed E-state index contributed by atoms with van der Waals surface area (Å²) >= 11 is 0. The molecule has 0 aromatic carbocycles. The summed E-state index contributed by atoms with van der Waals surface area (Å²) in [5.41, 5.74) is 3.97. The fraction of sp³-hybridized carbons (Fsp3) is 0.889. The van der Waals surface area contributed by atoms with E-state index in [2.05, 4.69) is 4.74 Å². The maximum Gasteiger partial charge on any atom is 0.522 e. The van der Waals surface area contributed by atoms with Gasteiger partial charge in [0.05, 0.1) is 12.0 Å². The van der Waals surface area contributed by atoms with Gasteiger partial charge in [-0.3, -0.25) is 9.53 Å². The van der Waals surface area contributed by atoms with Gasteiger partial charge in [0.25, 0.3) is 0 Å². The fourth-order valence-corrected chi connectivity index (χ4v) is 1.42. The molecule has 0 fully saturated rings. The molecule has 0 rings (SSSR count). The Balaban J connectivity index is 4.51. The number of carboxylic acid groups (broad SMARTS) is 1. The lowest BCUT2D eigenvalue weighted by Gasteiger charge is -2.31. The topological polar surface area (TPSA) is 72.5 Å². The van der Waals surface area contributed by atoms with Gasteiger partial charge in [0.1, 0.15) is 0 Å². The van der Waals surface area contributed by atoms with Crippen molar-refractivity contribution in [1.82, 2.24) is 0 Å². The predicted molar refractivity (Wildman–Crippen MR) is 50.6 cm³/mol. The van der Waals surface area contributed by atoms with Crippen molar-refractivity contribution < 1.29 is 27.8 Å². The molecule has 0 amide bonds. The number of rotatable bonds is 6. The van der Waals surface area contributed by atoms with Crippen molar-refractivity contribution in [3.05, 3.63) is 0 Å². The van der Waals surface area contributed by atoms with Gasteiger partial charge < -0.3 is 10.8 Å². The van der Waals surface area contributed by atoms with Crippen LogP contribution in [0.2, 0.25) is 0 Å². The van der Waals surface area contributed by atoms with Crippen LogP contribution in [0.25, 0.3) is 0 Å². The van der Waals surface area contributed by atoms with Crippen molar-refractivity contribution in [1.29, 1.82) is 0 Å². The first kappa shape index (κ1) is 15.2. The molecule has 0 spiro atoms. The first-order chi connectivity index (χ1) is 7.15. The van der Waals surface area contributed by atoms with Crippen LogP contribution < -0.4 is 5.73 Å². The SMILES string of the molecule is CC(C)C(CN)(CCOC(F)(F)F)C(=O)O. The maximum absolute atomic E-state index is 11.7. The molecule has 0 aromatic heterocycles. The molecule has 0 aliphatic rings. The molecule has 0 aromatic rings. The average molecular weight is 243 g/mol. The lowest BCUT2D eigenvalue weighted by atomic mass is 9.75. The number of nitrogens with two attached hydrogens (primary N) is 1. The summed E-state index contributed by atoms with van der Waals surface area (Å²) < 4.78 is 38.8. The third-order valence-electron chi connectivity index (χ3n) is 2.71.